The second-order valence-corrected chi connectivity index (χ2v) is 10.0. The van der Waals surface area contributed by atoms with Gasteiger partial charge in [-0.1, -0.05) is 31.9 Å². The van der Waals surface area contributed by atoms with E-state index in [1.54, 1.807) is 7.05 Å². The minimum absolute atomic E-state index is 0.134. The summed E-state index contributed by atoms with van der Waals surface area (Å²) in [4.78, 5) is 16.5. The number of carbonyl (C=O) groups is 1. The molecule has 2 saturated carbocycles. The van der Waals surface area contributed by atoms with Crippen LogP contribution < -0.4 is 16.0 Å². The first kappa shape index (κ1) is 21.8. The summed E-state index contributed by atoms with van der Waals surface area (Å²) in [5.41, 5.74) is 1.94. The largest absolute Gasteiger partial charge is 0.354 e. The fraction of sp³-hybridized carbons (Fsp3) is 0.636. The molecule has 0 aromatic heterocycles. The SMILES string of the molecule is CCS(=O)C1CCCC(NC(=NC)NCc2cccc(NC(=O)C3CCC3)c2)C1. The predicted molar refractivity (Wildman–Crippen MR) is 120 cm³/mol. The lowest BCUT2D eigenvalue weighted by atomic mass is 9.85. The number of nitrogens with one attached hydrogen (secondary N) is 3. The number of aliphatic imine (C=N–C) groups is 1. The first-order chi connectivity index (χ1) is 14.1. The minimum Gasteiger partial charge on any atom is -0.354 e. The zero-order valence-corrected chi connectivity index (χ0v) is 18.4. The van der Waals surface area contributed by atoms with Gasteiger partial charge in [-0.2, -0.15) is 0 Å². The van der Waals surface area contributed by atoms with Gasteiger partial charge in [-0.15, -0.1) is 0 Å². The summed E-state index contributed by atoms with van der Waals surface area (Å²) in [5.74, 6) is 1.82. The monoisotopic (exact) mass is 418 g/mol. The van der Waals surface area contributed by atoms with E-state index in [1.165, 1.54) is 0 Å². The number of amides is 1. The molecule has 3 atom stereocenters. The van der Waals surface area contributed by atoms with Crippen molar-refractivity contribution in [2.75, 3.05) is 18.1 Å². The van der Waals surface area contributed by atoms with Crippen LogP contribution in [0.15, 0.2) is 29.3 Å². The van der Waals surface area contributed by atoms with E-state index in [1.807, 2.05) is 31.2 Å². The summed E-state index contributed by atoms with van der Waals surface area (Å²) in [6.45, 7) is 2.63. The average Bonchev–Trinajstić information content (AvgIpc) is 2.69. The number of rotatable bonds is 7. The van der Waals surface area contributed by atoms with Crippen LogP contribution >= 0.6 is 0 Å². The highest BCUT2D eigenvalue weighted by Gasteiger charge is 2.26. The van der Waals surface area contributed by atoms with E-state index in [0.29, 0.717) is 17.8 Å². The number of hydrogen-bond donors (Lipinski definition) is 3. The van der Waals surface area contributed by atoms with Crippen molar-refractivity contribution in [3.05, 3.63) is 29.8 Å². The molecule has 160 valence electrons. The Morgan fingerprint density at radius 1 is 1.21 bits per heavy atom. The molecule has 2 fully saturated rings. The summed E-state index contributed by atoms with van der Waals surface area (Å²) in [6, 6.07) is 8.26. The van der Waals surface area contributed by atoms with Gasteiger partial charge in [0.25, 0.3) is 0 Å². The first-order valence-electron chi connectivity index (χ1n) is 10.8. The van der Waals surface area contributed by atoms with Crippen LogP contribution in [0.1, 0.15) is 57.4 Å². The van der Waals surface area contributed by atoms with Gasteiger partial charge in [-0.05, 0) is 49.8 Å². The van der Waals surface area contributed by atoms with Gasteiger partial charge >= 0.3 is 0 Å². The second-order valence-electron chi connectivity index (χ2n) is 8.04. The molecule has 3 rings (SSSR count). The Balaban J connectivity index is 1.49. The Morgan fingerprint density at radius 2 is 2.00 bits per heavy atom. The average molecular weight is 419 g/mol. The number of guanidine groups is 1. The quantitative estimate of drug-likeness (QED) is 0.469. The lowest BCUT2D eigenvalue weighted by Crippen LogP contribution is -2.46. The van der Waals surface area contributed by atoms with E-state index in [0.717, 1.165) is 67.9 Å². The Morgan fingerprint density at radius 3 is 2.69 bits per heavy atom. The van der Waals surface area contributed by atoms with Gasteiger partial charge in [-0.25, -0.2) is 0 Å². The van der Waals surface area contributed by atoms with Gasteiger partial charge in [0, 0.05) is 53.0 Å². The van der Waals surface area contributed by atoms with Crippen molar-refractivity contribution in [2.45, 2.75) is 69.7 Å². The molecule has 0 saturated heterocycles. The number of nitrogens with zero attached hydrogens (tertiary/aromatic N) is 1. The highest BCUT2D eigenvalue weighted by Crippen LogP contribution is 2.27. The summed E-state index contributed by atoms with van der Waals surface area (Å²) < 4.78 is 12.2. The van der Waals surface area contributed by atoms with E-state index in [9.17, 15) is 9.00 Å². The molecule has 2 aliphatic carbocycles. The molecule has 0 spiro atoms. The van der Waals surface area contributed by atoms with Gasteiger partial charge in [0.15, 0.2) is 5.96 Å². The Hall–Kier alpha value is -1.89. The molecule has 6 nitrogen and oxygen atoms in total. The number of benzene rings is 1. The van der Waals surface area contributed by atoms with Gasteiger partial charge < -0.3 is 16.0 Å². The maximum Gasteiger partial charge on any atom is 0.227 e. The zero-order chi connectivity index (χ0) is 20.6. The maximum atomic E-state index is 12.2. The van der Waals surface area contributed by atoms with E-state index < -0.39 is 10.8 Å². The van der Waals surface area contributed by atoms with Crippen molar-refractivity contribution < 1.29 is 9.00 Å². The summed E-state index contributed by atoms with van der Waals surface area (Å²) in [6.07, 6.45) is 7.35. The van der Waals surface area contributed by atoms with Crippen molar-refractivity contribution >= 4 is 28.4 Å². The van der Waals surface area contributed by atoms with E-state index in [2.05, 4.69) is 20.9 Å². The summed E-state index contributed by atoms with van der Waals surface area (Å²) in [7, 11) is 1.05. The summed E-state index contributed by atoms with van der Waals surface area (Å²) in [5, 5.41) is 10.2. The van der Waals surface area contributed by atoms with Crippen molar-refractivity contribution in [3.63, 3.8) is 0 Å². The Bertz CT molecular complexity index is 748. The van der Waals surface area contributed by atoms with Crippen molar-refractivity contribution in [1.29, 1.82) is 0 Å². The molecule has 7 heteroatoms. The lowest BCUT2D eigenvalue weighted by Gasteiger charge is -2.30. The molecule has 0 bridgehead atoms. The third-order valence-electron chi connectivity index (χ3n) is 5.98. The zero-order valence-electron chi connectivity index (χ0n) is 17.6. The van der Waals surface area contributed by atoms with Gasteiger partial charge in [0.1, 0.15) is 0 Å². The van der Waals surface area contributed by atoms with Crippen LogP contribution in [0.4, 0.5) is 5.69 Å². The molecule has 1 aromatic carbocycles. The normalized spacial score (nSPS) is 23.7. The molecule has 2 aliphatic rings. The van der Waals surface area contributed by atoms with Crippen LogP contribution in [0.5, 0.6) is 0 Å². The smallest absolute Gasteiger partial charge is 0.227 e. The van der Waals surface area contributed by atoms with Gasteiger partial charge in [0.2, 0.25) is 5.91 Å². The van der Waals surface area contributed by atoms with Crippen LogP contribution in [-0.2, 0) is 22.1 Å². The number of anilines is 1. The van der Waals surface area contributed by atoms with Gasteiger partial charge in [-0.3, -0.25) is 14.0 Å². The highest BCUT2D eigenvalue weighted by atomic mass is 32.2. The van der Waals surface area contributed by atoms with Crippen LogP contribution in [0.2, 0.25) is 0 Å². The summed E-state index contributed by atoms with van der Waals surface area (Å²) >= 11 is 0. The third kappa shape index (κ3) is 6.29. The molecule has 1 amide bonds. The molecule has 0 aliphatic heterocycles. The fourth-order valence-corrected chi connectivity index (χ4v) is 5.35. The van der Waals surface area contributed by atoms with Crippen LogP contribution in [0.3, 0.4) is 0 Å². The van der Waals surface area contributed by atoms with Crippen LogP contribution in [0, 0.1) is 5.92 Å². The standard InChI is InChI=1S/C22H34N4O2S/c1-3-29(28)20-12-6-11-19(14-20)26-22(23-2)24-15-16-7-4-10-18(13-16)25-21(27)17-8-5-9-17/h4,7,10,13,17,19-20H,3,5-6,8-9,11-12,14-15H2,1-2H3,(H,25,27)(H2,23,24,26). The lowest BCUT2D eigenvalue weighted by molar-refractivity contribution is -0.122. The van der Waals surface area contributed by atoms with E-state index >= 15 is 0 Å². The third-order valence-corrected chi connectivity index (χ3v) is 7.72. The second kappa shape index (κ2) is 10.8. The molecule has 0 radical (unpaired) electrons. The molecule has 1 aromatic rings. The van der Waals surface area contributed by atoms with Crippen molar-refractivity contribution in [1.82, 2.24) is 10.6 Å². The number of carbonyl (C=O) groups excluding carboxylic acids is 1. The molecular formula is C22H34N4O2S. The van der Waals surface area contributed by atoms with Crippen molar-refractivity contribution in [2.24, 2.45) is 10.9 Å². The molecule has 0 heterocycles. The van der Waals surface area contributed by atoms with Crippen LogP contribution in [0.25, 0.3) is 0 Å². The maximum absolute atomic E-state index is 12.2. The minimum atomic E-state index is -0.727. The van der Waals surface area contributed by atoms with Crippen LogP contribution in [-0.4, -0.2) is 40.2 Å². The molecule has 29 heavy (non-hydrogen) atoms. The van der Waals surface area contributed by atoms with Crippen molar-refractivity contribution in [3.8, 4) is 0 Å². The molecule has 3 N–H and O–H groups in total. The molecule has 3 unspecified atom stereocenters. The first-order valence-corrected chi connectivity index (χ1v) is 12.2. The highest BCUT2D eigenvalue weighted by molar-refractivity contribution is 7.85. The van der Waals surface area contributed by atoms with E-state index in [4.69, 9.17) is 0 Å². The topological polar surface area (TPSA) is 82.6 Å². The Labute approximate surface area is 176 Å². The fourth-order valence-electron chi connectivity index (χ4n) is 4.00. The Kier molecular flexibility index (Phi) is 8.09. The predicted octanol–water partition coefficient (Wildman–Crippen LogP) is 3.17. The van der Waals surface area contributed by atoms with Gasteiger partial charge in [0.05, 0.1) is 0 Å². The van der Waals surface area contributed by atoms with E-state index in [-0.39, 0.29) is 11.8 Å². The molecular weight excluding hydrogens is 384 g/mol. The number of hydrogen-bond acceptors (Lipinski definition) is 3.